The molecule has 4 unspecified atom stereocenters. The minimum absolute atomic E-state index is 0.101. The number of hydrogen-bond acceptors (Lipinski definition) is 6. The molecule has 6 heteroatoms. The molecule has 0 spiro atoms. The van der Waals surface area contributed by atoms with Crippen LogP contribution in [0.3, 0.4) is 0 Å². The Hall–Kier alpha value is -0.500. The Labute approximate surface area is 242 Å². The standard InChI is InChI=1S/C34H58O6/c1-19(2)20(3)7-8-21(4)25-11-12-26-24-10-9-22-17-23(13-15-33(22,5)27(24)14-16-34(25,26)6)39-32-31(38)30(37)29(36)28(18-35)40-32/h9,19-21,23-32,35-38H,7-8,10-18H2,1-6H3/t20-,21?,23-,24?,25+,26?,27?,28+,29+,30-,31+,32+,33-,34+/m0/s1. The van der Waals surface area contributed by atoms with E-state index in [-0.39, 0.29) is 11.5 Å². The maximum absolute atomic E-state index is 10.5. The van der Waals surface area contributed by atoms with Crippen molar-refractivity contribution >= 4 is 0 Å². The van der Waals surface area contributed by atoms with Crippen molar-refractivity contribution in [3.63, 3.8) is 0 Å². The summed E-state index contributed by atoms with van der Waals surface area (Å²) in [7, 11) is 0. The molecule has 0 radical (unpaired) electrons. The molecule has 14 atom stereocenters. The molecular weight excluding hydrogens is 504 g/mol. The summed E-state index contributed by atoms with van der Waals surface area (Å²) in [5.74, 6) is 5.60. The van der Waals surface area contributed by atoms with E-state index in [9.17, 15) is 20.4 Å². The zero-order chi connectivity index (χ0) is 29.0. The van der Waals surface area contributed by atoms with Gasteiger partial charge in [0.2, 0.25) is 0 Å². The second-order valence-corrected chi connectivity index (χ2v) is 15.5. The van der Waals surface area contributed by atoms with Gasteiger partial charge in [-0.15, -0.1) is 0 Å². The summed E-state index contributed by atoms with van der Waals surface area (Å²) >= 11 is 0. The van der Waals surface area contributed by atoms with Crippen LogP contribution in [0.25, 0.3) is 0 Å². The van der Waals surface area contributed by atoms with E-state index in [2.05, 4.69) is 47.6 Å². The topological polar surface area (TPSA) is 99.4 Å². The van der Waals surface area contributed by atoms with E-state index in [0.29, 0.717) is 5.41 Å². The van der Waals surface area contributed by atoms with Gasteiger partial charge in [-0.05, 0) is 104 Å². The van der Waals surface area contributed by atoms with Gasteiger partial charge in [-0.2, -0.15) is 0 Å². The summed E-state index contributed by atoms with van der Waals surface area (Å²) < 4.78 is 11.9. The van der Waals surface area contributed by atoms with Crippen molar-refractivity contribution in [2.24, 2.45) is 52.3 Å². The highest BCUT2D eigenvalue weighted by molar-refractivity contribution is 5.25. The highest BCUT2D eigenvalue weighted by Crippen LogP contribution is 2.67. The fraction of sp³-hybridized carbons (Fsp3) is 0.941. The SMILES string of the molecule is CC(CC[C@H](C)C(C)C)[C@H]1CCC2C3CC=C4C[C@@H](O[C@@H]5O[C@H](CO)[C@@H](O)[C@H](O)[C@H]5O)CC[C@]4(C)C3CC[C@@]21C. The van der Waals surface area contributed by atoms with Crippen LogP contribution in [0, 0.1) is 52.3 Å². The van der Waals surface area contributed by atoms with E-state index in [0.717, 1.165) is 60.7 Å². The molecular formula is C34H58O6. The lowest BCUT2D eigenvalue weighted by molar-refractivity contribution is -0.313. The Kier molecular flexibility index (Phi) is 9.19. The molecule has 230 valence electrons. The van der Waals surface area contributed by atoms with Gasteiger partial charge in [0.05, 0.1) is 12.7 Å². The smallest absolute Gasteiger partial charge is 0.186 e. The normalized spacial score (nSPS) is 48.6. The van der Waals surface area contributed by atoms with Crippen LogP contribution in [-0.4, -0.2) is 63.8 Å². The van der Waals surface area contributed by atoms with Gasteiger partial charge in [0.25, 0.3) is 0 Å². The highest BCUT2D eigenvalue weighted by atomic mass is 16.7. The second kappa shape index (κ2) is 11.9. The van der Waals surface area contributed by atoms with Crippen LogP contribution in [-0.2, 0) is 9.47 Å². The molecule has 1 heterocycles. The molecule has 0 bridgehead atoms. The summed E-state index contributed by atoms with van der Waals surface area (Å²) in [4.78, 5) is 0. The summed E-state index contributed by atoms with van der Waals surface area (Å²) in [5.41, 5.74) is 2.19. The lowest BCUT2D eigenvalue weighted by Crippen LogP contribution is -2.60. The fourth-order valence-corrected chi connectivity index (χ4v) is 10.1. The third-order valence-electron chi connectivity index (χ3n) is 13.2. The molecule has 40 heavy (non-hydrogen) atoms. The average Bonchev–Trinajstić information content (AvgIpc) is 3.29. The molecule has 4 fully saturated rings. The van der Waals surface area contributed by atoms with E-state index in [1.54, 1.807) is 0 Å². The number of rotatable bonds is 8. The predicted octanol–water partition coefficient (Wildman–Crippen LogP) is 5.46. The number of hydrogen-bond donors (Lipinski definition) is 4. The molecule has 5 rings (SSSR count). The van der Waals surface area contributed by atoms with Crippen molar-refractivity contribution in [3.8, 4) is 0 Å². The Morgan fingerprint density at radius 2 is 1.68 bits per heavy atom. The van der Waals surface area contributed by atoms with Crippen LogP contribution >= 0.6 is 0 Å². The minimum Gasteiger partial charge on any atom is -0.394 e. The Balaban J connectivity index is 1.24. The molecule has 0 aromatic rings. The molecule has 1 saturated heterocycles. The number of ether oxygens (including phenoxy) is 2. The van der Waals surface area contributed by atoms with Crippen LogP contribution in [0.5, 0.6) is 0 Å². The molecule has 5 aliphatic rings. The van der Waals surface area contributed by atoms with Crippen molar-refractivity contribution in [3.05, 3.63) is 11.6 Å². The van der Waals surface area contributed by atoms with Gasteiger partial charge in [0.15, 0.2) is 6.29 Å². The highest BCUT2D eigenvalue weighted by Gasteiger charge is 2.59. The monoisotopic (exact) mass is 562 g/mol. The van der Waals surface area contributed by atoms with Crippen LogP contribution in [0.2, 0.25) is 0 Å². The van der Waals surface area contributed by atoms with E-state index in [1.807, 2.05) is 0 Å². The van der Waals surface area contributed by atoms with Gasteiger partial charge in [0, 0.05) is 0 Å². The van der Waals surface area contributed by atoms with Crippen LogP contribution < -0.4 is 0 Å². The molecule has 4 aliphatic carbocycles. The van der Waals surface area contributed by atoms with E-state index in [4.69, 9.17) is 9.47 Å². The van der Waals surface area contributed by atoms with Crippen LogP contribution in [0.1, 0.15) is 106 Å². The van der Waals surface area contributed by atoms with Crippen molar-refractivity contribution in [1.29, 1.82) is 0 Å². The number of aliphatic hydroxyl groups excluding tert-OH is 4. The lowest BCUT2D eigenvalue weighted by atomic mass is 9.47. The number of aliphatic hydroxyl groups is 4. The van der Waals surface area contributed by atoms with Gasteiger partial charge >= 0.3 is 0 Å². The van der Waals surface area contributed by atoms with Gasteiger partial charge in [0.1, 0.15) is 24.4 Å². The zero-order valence-corrected chi connectivity index (χ0v) is 26.0. The average molecular weight is 563 g/mol. The van der Waals surface area contributed by atoms with Gasteiger partial charge < -0.3 is 29.9 Å². The maximum atomic E-state index is 10.5. The lowest BCUT2D eigenvalue weighted by Gasteiger charge is -2.58. The Morgan fingerprint density at radius 1 is 0.925 bits per heavy atom. The molecule has 0 aromatic heterocycles. The summed E-state index contributed by atoms with van der Waals surface area (Å²) in [6.45, 7) is 14.4. The molecule has 6 nitrogen and oxygen atoms in total. The first-order valence-electron chi connectivity index (χ1n) is 16.6. The van der Waals surface area contributed by atoms with Gasteiger partial charge in [-0.1, -0.05) is 66.0 Å². The van der Waals surface area contributed by atoms with Gasteiger partial charge in [-0.3, -0.25) is 0 Å². The molecule has 0 aromatic carbocycles. The van der Waals surface area contributed by atoms with Crippen molar-refractivity contribution in [2.75, 3.05) is 6.61 Å². The third-order valence-corrected chi connectivity index (χ3v) is 13.2. The third kappa shape index (κ3) is 5.36. The van der Waals surface area contributed by atoms with E-state index in [1.165, 1.54) is 50.5 Å². The fourth-order valence-electron chi connectivity index (χ4n) is 10.1. The Bertz CT molecular complexity index is 903. The van der Waals surface area contributed by atoms with E-state index < -0.39 is 37.3 Å². The Morgan fingerprint density at radius 3 is 2.38 bits per heavy atom. The quantitative estimate of drug-likeness (QED) is 0.293. The first-order chi connectivity index (χ1) is 18.9. The zero-order valence-electron chi connectivity index (χ0n) is 26.0. The van der Waals surface area contributed by atoms with Crippen molar-refractivity contribution in [1.82, 2.24) is 0 Å². The predicted molar refractivity (Wildman–Crippen MR) is 156 cm³/mol. The molecule has 1 aliphatic heterocycles. The van der Waals surface area contributed by atoms with Crippen LogP contribution in [0.15, 0.2) is 11.6 Å². The molecule has 3 saturated carbocycles. The molecule has 0 amide bonds. The van der Waals surface area contributed by atoms with Crippen LogP contribution in [0.4, 0.5) is 0 Å². The summed E-state index contributed by atoms with van der Waals surface area (Å²) in [6, 6.07) is 0. The maximum Gasteiger partial charge on any atom is 0.186 e. The van der Waals surface area contributed by atoms with Gasteiger partial charge in [-0.25, -0.2) is 0 Å². The van der Waals surface area contributed by atoms with E-state index >= 15 is 0 Å². The van der Waals surface area contributed by atoms with Crippen molar-refractivity contribution < 1.29 is 29.9 Å². The summed E-state index contributed by atoms with van der Waals surface area (Å²) in [5, 5.41) is 40.3. The second-order valence-electron chi connectivity index (χ2n) is 15.5. The number of allylic oxidation sites excluding steroid dienone is 1. The largest absolute Gasteiger partial charge is 0.394 e. The molecule has 4 N–H and O–H groups in total. The van der Waals surface area contributed by atoms with Crippen molar-refractivity contribution in [2.45, 2.75) is 143 Å². The summed E-state index contributed by atoms with van der Waals surface area (Å²) in [6.07, 6.45) is 8.56. The first-order valence-corrected chi connectivity index (χ1v) is 16.6. The first kappa shape index (κ1) is 30.9. The minimum atomic E-state index is -1.40. The number of fused-ring (bicyclic) bond motifs is 5.